The number of aliphatic hydroxyl groups is 1. The van der Waals surface area contributed by atoms with Crippen LogP contribution in [0.15, 0.2) is 20.0 Å². The van der Waals surface area contributed by atoms with E-state index in [0.717, 1.165) is 4.31 Å². The molecule has 0 bridgehead atoms. The molecule has 1 aliphatic rings. The van der Waals surface area contributed by atoms with Crippen molar-refractivity contribution in [3.05, 3.63) is 16.5 Å². The predicted octanol–water partition coefficient (Wildman–Crippen LogP) is 0.342. The van der Waals surface area contributed by atoms with E-state index in [4.69, 9.17) is 9.52 Å². The molecule has 2 heterocycles. The van der Waals surface area contributed by atoms with Crippen molar-refractivity contribution in [1.82, 2.24) is 4.31 Å². The molecule has 1 aromatic heterocycles. The van der Waals surface area contributed by atoms with E-state index >= 15 is 0 Å². The summed E-state index contributed by atoms with van der Waals surface area (Å²) >= 11 is 2.99. The molecule has 20 heavy (non-hydrogen) atoms. The van der Waals surface area contributed by atoms with Crippen LogP contribution in [0.5, 0.6) is 0 Å². The van der Waals surface area contributed by atoms with Gasteiger partial charge in [-0.25, -0.2) is 16.8 Å². The highest BCUT2D eigenvalue weighted by atomic mass is 79.9. The van der Waals surface area contributed by atoms with Crippen LogP contribution in [0, 0.1) is 0 Å². The Morgan fingerprint density at radius 1 is 1.55 bits per heavy atom. The molecule has 0 saturated carbocycles. The second-order valence-electron chi connectivity index (χ2n) is 4.59. The van der Waals surface area contributed by atoms with Crippen LogP contribution in [-0.4, -0.2) is 50.8 Å². The normalized spacial score (nSPS) is 22.5. The van der Waals surface area contributed by atoms with E-state index in [-0.39, 0.29) is 33.3 Å². The van der Waals surface area contributed by atoms with Gasteiger partial charge in [0.2, 0.25) is 10.0 Å². The molecule has 1 unspecified atom stereocenters. The number of halogens is 1. The highest BCUT2D eigenvalue weighted by molar-refractivity contribution is 9.10. The van der Waals surface area contributed by atoms with Gasteiger partial charge < -0.3 is 9.52 Å². The molecule has 1 aliphatic heterocycles. The fourth-order valence-corrected chi connectivity index (χ4v) is 6.28. The number of aliphatic hydroxyl groups excluding tert-OH is 1. The van der Waals surface area contributed by atoms with E-state index in [0.29, 0.717) is 0 Å². The summed E-state index contributed by atoms with van der Waals surface area (Å²) in [4.78, 5) is -0.117. The Morgan fingerprint density at radius 2 is 2.20 bits per heavy atom. The van der Waals surface area contributed by atoms with Crippen molar-refractivity contribution in [3.63, 3.8) is 0 Å². The topological polar surface area (TPSA) is 105 Å². The molecule has 0 aromatic carbocycles. The average Bonchev–Trinajstić information content (AvgIpc) is 2.91. The molecule has 1 N–H and O–H groups in total. The van der Waals surface area contributed by atoms with E-state index in [9.17, 15) is 16.8 Å². The number of sulfone groups is 1. The second-order valence-corrected chi connectivity index (χ2v) is 9.50. The van der Waals surface area contributed by atoms with Crippen LogP contribution in [0.2, 0.25) is 0 Å². The first-order valence-corrected chi connectivity index (χ1v) is 9.80. The van der Waals surface area contributed by atoms with Crippen LogP contribution in [0.1, 0.15) is 12.2 Å². The minimum absolute atomic E-state index is 0.00532. The first kappa shape index (κ1) is 16.0. The number of hydrogen-bond donors (Lipinski definition) is 1. The summed E-state index contributed by atoms with van der Waals surface area (Å²) in [5.41, 5.74) is 0. The van der Waals surface area contributed by atoms with E-state index in [1.165, 1.54) is 13.1 Å². The van der Waals surface area contributed by atoms with Gasteiger partial charge in [-0.15, -0.1) is 0 Å². The molecular weight excluding hydrogens is 374 g/mol. The number of nitrogens with zero attached hydrogens (tertiary/aromatic N) is 1. The number of rotatable bonds is 4. The minimum atomic E-state index is -3.88. The summed E-state index contributed by atoms with van der Waals surface area (Å²) in [6.45, 7) is -0.421. The predicted molar refractivity (Wildman–Crippen MR) is 74.3 cm³/mol. The van der Waals surface area contributed by atoms with Crippen molar-refractivity contribution in [3.8, 4) is 0 Å². The molecule has 1 atom stereocenters. The maximum atomic E-state index is 12.4. The lowest BCUT2D eigenvalue weighted by molar-refractivity contribution is 0.245. The first-order valence-electron chi connectivity index (χ1n) is 5.75. The molecule has 2 rings (SSSR count). The van der Waals surface area contributed by atoms with Crippen molar-refractivity contribution in [2.75, 3.05) is 18.6 Å². The van der Waals surface area contributed by atoms with E-state index in [1.54, 1.807) is 0 Å². The highest BCUT2D eigenvalue weighted by Gasteiger charge is 2.38. The molecular formula is C10H14BrNO6S2. The van der Waals surface area contributed by atoms with Crippen LogP contribution in [0.3, 0.4) is 0 Å². The molecule has 1 saturated heterocycles. The molecule has 1 fully saturated rings. The molecule has 10 heteroatoms. The third kappa shape index (κ3) is 2.93. The Kier molecular flexibility index (Phi) is 4.32. The van der Waals surface area contributed by atoms with Gasteiger partial charge in [0.25, 0.3) is 0 Å². The number of furan rings is 1. The molecule has 0 radical (unpaired) electrons. The quantitative estimate of drug-likeness (QED) is 0.798. The largest absolute Gasteiger partial charge is 0.450 e. The van der Waals surface area contributed by atoms with Crippen molar-refractivity contribution in [2.45, 2.75) is 24.0 Å². The third-order valence-electron chi connectivity index (χ3n) is 3.24. The Balaban J connectivity index is 2.32. The first-order chi connectivity index (χ1) is 9.17. The molecule has 1 aromatic rings. The van der Waals surface area contributed by atoms with Gasteiger partial charge >= 0.3 is 0 Å². The van der Waals surface area contributed by atoms with E-state index in [1.807, 2.05) is 0 Å². The maximum Gasteiger partial charge on any atom is 0.247 e. The smallest absolute Gasteiger partial charge is 0.247 e. The Bertz CT molecular complexity index is 708. The molecule has 0 amide bonds. The van der Waals surface area contributed by atoms with Gasteiger partial charge in [0.15, 0.2) is 14.5 Å². The van der Waals surface area contributed by atoms with Crippen LogP contribution < -0.4 is 0 Å². The van der Waals surface area contributed by atoms with E-state index < -0.39 is 32.5 Å². The summed E-state index contributed by atoms with van der Waals surface area (Å²) in [5.74, 6) is -0.0697. The van der Waals surface area contributed by atoms with Gasteiger partial charge in [0.1, 0.15) is 17.3 Å². The lowest BCUT2D eigenvalue weighted by Crippen LogP contribution is -2.37. The summed E-state index contributed by atoms with van der Waals surface area (Å²) < 4.78 is 53.9. The standard InChI is InChI=1S/C10H14BrNO6S2/c1-12(7-2-3-19(14,15)6-7)20(16,17)9-4-8(5-13)18-10(9)11/h4,7,13H,2-3,5-6H2,1H3. The van der Waals surface area contributed by atoms with Crippen LogP contribution >= 0.6 is 15.9 Å². The molecule has 0 aliphatic carbocycles. The SMILES string of the molecule is CN(C1CCS(=O)(=O)C1)S(=O)(=O)c1cc(CO)oc1Br. The summed E-state index contributed by atoms with van der Waals surface area (Å²) in [6.07, 6.45) is 0.278. The van der Waals surface area contributed by atoms with Crippen molar-refractivity contribution in [1.29, 1.82) is 0 Å². The fraction of sp³-hybridized carbons (Fsp3) is 0.600. The maximum absolute atomic E-state index is 12.4. The zero-order valence-corrected chi connectivity index (χ0v) is 13.8. The zero-order chi connectivity index (χ0) is 15.1. The van der Waals surface area contributed by atoms with Crippen molar-refractivity contribution >= 4 is 35.8 Å². The van der Waals surface area contributed by atoms with Crippen LogP contribution in [0.4, 0.5) is 0 Å². The van der Waals surface area contributed by atoms with Gasteiger partial charge in [-0.2, -0.15) is 4.31 Å². The van der Waals surface area contributed by atoms with Gasteiger partial charge in [0.05, 0.1) is 11.5 Å². The summed E-state index contributed by atoms with van der Waals surface area (Å²) in [6, 6.07) is 0.642. The minimum Gasteiger partial charge on any atom is -0.450 e. The van der Waals surface area contributed by atoms with Gasteiger partial charge in [0, 0.05) is 19.2 Å². The lowest BCUT2D eigenvalue weighted by Gasteiger charge is -2.22. The Hall–Kier alpha value is -0.420. The highest BCUT2D eigenvalue weighted by Crippen LogP contribution is 2.30. The summed E-state index contributed by atoms with van der Waals surface area (Å²) in [7, 11) is -5.70. The molecule has 7 nitrogen and oxygen atoms in total. The van der Waals surface area contributed by atoms with Gasteiger partial charge in [-0.3, -0.25) is 0 Å². The van der Waals surface area contributed by atoms with Gasteiger partial charge in [-0.05, 0) is 22.4 Å². The fourth-order valence-electron chi connectivity index (χ4n) is 2.07. The monoisotopic (exact) mass is 387 g/mol. The Labute approximate surface area is 125 Å². The van der Waals surface area contributed by atoms with Gasteiger partial charge in [-0.1, -0.05) is 0 Å². The van der Waals surface area contributed by atoms with E-state index in [2.05, 4.69) is 15.9 Å². The Morgan fingerprint density at radius 3 is 2.65 bits per heavy atom. The van der Waals surface area contributed by atoms with Crippen molar-refractivity contribution < 1.29 is 26.4 Å². The van der Waals surface area contributed by atoms with Crippen LogP contribution in [0.25, 0.3) is 0 Å². The van der Waals surface area contributed by atoms with Crippen LogP contribution in [-0.2, 0) is 26.5 Å². The number of sulfonamides is 1. The molecule has 114 valence electrons. The van der Waals surface area contributed by atoms with Crippen molar-refractivity contribution in [2.24, 2.45) is 0 Å². The summed E-state index contributed by atoms with van der Waals surface area (Å²) in [5, 5.41) is 8.96. The zero-order valence-electron chi connectivity index (χ0n) is 10.6. The third-order valence-corrected chi connectivity index (χ3v) is 7.76. The molecule has 0 spiro atoms. The second kappa shape index (κ2) is 5.41. The lowest BCUT2D eigenvalue weighted by atomic mass is 10.3. The average molecular weight is 388 g/mol. The number of hydrogen-bond acceptors (Lipinski definition) is 6.